The highest BCUT2D eigenvalue weighted by atomic mass is 32.2. The first-order valence-corrected chi connectivity index (χ1v) is 11.7. The van der Waals surface area contributed by atoms with Gasteiger partial charge < -0.3 is 19.4 Å². The molecule has 0 radical (unpaired) electrons. The summed E-state index contributed by atoms with van der Waals surface area (Å²) in [6.07, 6.45) is 1.41. The van der Waals surface area contributed by atoms with Gasteiger partial charge in [0.15, 0.2) is 11.5 Å². The minimum atomic E-state index is -4.05. The molecule has 3 N–H and O–H groups in total. The first-order valence-electron chi connectivity index (χ1n) is 10.1. The third kappa shape index (κ3) is 4.18. The highest BCUT2D eigenvalue weighted by Gasteiger charge is 2.20. The van der Waals surface area contributed by atoms with Crippen LogP contribution in [0.3, 0.4) is 0 Å². The van der Waals surface area contributed by atoms with Crippen LogP contribution in [0.4, 0.5) is 11.5 Å². The first kappa shape index (κ1) is 23.2. The molecule has 0 unspecified atom stereocenters. The summed E-state index contributed by atoms with van der Waals surface area (Å²) in [5, 5.41) is 8.68. The number of aryl methyl sites for hydroxylation is 2. The van der Waals surface area contributed by atoms with Crippen LogP contribution in [0.5, 0.6) is 11.5 Å². The summed E-state index contributed by atoms with van der Waals surface area (Å²) in [5.41, 5.74) is 1.87. The zero-order valence-electron chi connectivity index (χ0n) is 19.0. The van der Waals surface area contributed by atoms with Crippen molar-refractivity contribution in [1.29, 1.82) is 0 Å². The Morgan fingerprint density at radius 1 is 1.06 bits per heavy atom. The molecular weight excluding hydrogens is 458 g/mol. The Hall–Kier alpha value is -3.96. The van der Waals surface area contributed by atoms with Gasteiger partial charge in [0, 0.05) is 12.6 Å². The Balaban J connectivity index is 1.98. The number of anilines is 2. The van der Waals surface area contributed by atoms with Crippen LogP contribution >= 0.6 is 0 Å². The fourth-order valence-corrected chi connectivity index (χ4v) is 4.65. The van der Waals surface area contributed by atoms with E-state index in [4.69, 9.17) is 14.6 Å². The van der Waals surface area contributed by atoms with E-state index in [0.29, 0.717) is 33.8 Å². The second-order valence-corrected chi connectivity index (χ2v) is 9.10. The largest absolute Gasteiger partial charge is 0.493 e. The van der Waals surface area contributed by atoms with Gasteiger partial charge in [-0.05, 0) is 42.8 Å². The van der Waals surface area contributed by atoms with E-state index < -0.39 is 10.0 Å². The number of primary sulfonamides is 1. The monoisotopic (exact) mass is 481 g/mol. The molecule has 0 aliphatic carbocycles. The predicted octanol–water partition coefficient (Wildman–Crippen LogP) is 2.71. The van der Waals surface area contributed by atoms with E-state index in [1.165, 1.54) is 18.0 Å². The van der Waals surface area contributed by atoms with E-state index in [-0.39, 0.29) is 27.3 Å². The topological polar surface area (TPSA) is 138 Å². The molecule has 4 rings (SSSR count). The molecule has 0 bridgehead atoms. The van der Waals surface area contributed by atoms with Gasteiger partial charge in [0.25, 0.3) is 5.56 Å². The van der Waals surface area contributed by atoms with E-state index in [1.807, 2.05) is 0 Å². The SMILES string of the molecule is COc1ccc(-c2cc3ncn(C)c(=O)c3c(Nc3cccc(C)c3S(N)(=O)=O)n2)cc1OC. The van der Waals surface area contributed by atoms with Crippen molar-refractivity contribution in [3.05, 3.63) is 64.7 Å². The standard InChI is InChI=1S/C23H23N5O5S/c1-13-6-5-7-15(21(13)34(24,30)31)26-22-20-17(25-12-28(2)23(20)29)11-16(27-22)14-8-9-18(32-3)19(10-14)33-4/h5-12H,1-4H3,(H,26,27)(H2,24,30,31). The maximum atomic E-state index is 13.0. The van der Waals surface area contributed by atoms with Gasteiger partial charge in [0.05, 0.1) is 37.4 Å². The van der Waals surface area contributed by atoms with Crippen molar-refractivity contribution in [2.45, 2.75) is 11.8 Å². The predicted molar refractivity (Wildman–Crippen MR) is 129 cm³/mol. The fourth-order valence-electron chi connectivity index (χ4n) is 3.71. The molecule has 0 aliphatic rings. The van der Waals surface area contributed by atoms with Gasteiger partial charge in [0.1, 0.15) is 16.1 Å². The quantitative estimate of drug-likeness (QED) is 0.429. The van der Waals surface area contributed by atoms with Crippen molar-refractivity contribution in [1.82, 2.24) is 14.5 Å². The number of hydrogen-bond donors (Lipinski definition) is 2. The second kappa shape index (κ2) is 8.76. The Morgan fingerprint density at radius 3 is 2.47 bits per heavy atom. The summed E-state index contributed by atoms with van der Waals surface area (Å²) in [6, 6.07) is 11.8. The molecule has 0 saturated carbocycles. The van der Waals surface area contributed by atoms with Crippen molar-refractivity contribution in [3.8, 4) is 22.8 Å². The van der Waals surface area contributed by atoms with Gasteiger partial charge in [-0.1, -0.05) is 12.1 Å². The number of benzene rings is 2. The number of nitrogens with one attached hydrogen (secondary N) is 1. The van der Waals surface area contributed by atoms with E-state index in [9.17, 15) is 13.2 Å². The number of nitrogens with zero attached hydrogens (tertiary/aromatic N) is 3. The van der Waals surface area contributed by atoms with Crippen LogP contribution < -0.4 is 25.5 Å². The summed E-state index contributed by atoms with van der Waals surface area (Å²) < 4.78 is 36.6. The number of fused-ring (bicyclic) bond motifs is 1. The second-order valence-electron chi connectivity index (χ2n) is 7.60. The van der Waals surface area contributed by atoms with Gasteiger partial charge in [-0.15, -0.1) is 0 Å². The summed E-state index contributed by atoms with van der Waals surface area (Å²) in [7, 11) is 0.586. The molecular formula is C23H23N5O5S. The molecule has 0 fully saturated rings. The number of nitrogens with two attached hydrogens (primary N) is 1. The zero-order valence-corrected chi connectivity index (χ0v) is 19.8. The third-order valence-corrected chi connectivity index (χ3v) is 6.44. The summed E-state index contributed by atoms with van der Waals surface area (Å²) in [4.78, 5) is 21.9. The number of rotatable bonds is 6. The molecule has 2 heterocycles. The molecule has 2 aromatic heterocycles. The number of pyridine rings is 1. The van der Waals surface area contributed by atoms with Crippen LogP contribution in [0.25, 0.3) is 22.2 Å². The smallest absolute Gasteiger partial charge is 0.264 e. The summed E-state index contributed by atoms with van der Waals surface area (Å²) in [5.74, 6) is 1.20. The number of aromatic nitrogens is 3. The molecule has 0 saturated heterocycles. The van der Waals surface area contributed by atoms with E-state index in [2.05, 4.69) is 15.3 Å². The average molecular weight is 482 g/mol. The minimum Gasteiger partial charge on any atom is -0.493 e. The highest BCUT2D eigenvalue weighted by Crippen LogP contribution is 2.34. The van der Waals surface area contributed by atoms with Crippen molar-refractivity contribution in [2.24, 2.45) is 12.2 Å². The molecule has 2 aromatic carbocycles. The van der Waals surface area contributed by atoms with Gasteiger partial charge in [-0.3, -0.25) is 4.79 Å². The molecule has 4 aromatic rings. The fraction of sp³-hybridized carbons (Fsp3) is 0.174. The normalized spacial score (nSPS) is 11.4. The van der Waals surface area contributed by atoms with Crippen molar-refractivity contribution in [3.63, 3.8) is 0 Å². The van der Waals surface area contributed by atoms with E-state index in [0.717, 1.165) is 0 Å². The molecule has 0 atom stereocenters. The maximum Gasteiger partial charge on any atom is 0.264 e. The van der Waals surface area contributed by atoms with Crippen LogP contribution in [-0.2, 0) is 17.1 Å². The van der Waals surface area contributed by atoms with Crippen LogP contribution in [0.2, 0.25) is 0 Å². The first-order chi connectivity index (χ1) is 16.1. The lowest BCUT2D eigenvalue weighted by atomic mass is 10.1. The summed E-state index contributed by atoms with van der Waals surface area (Å²) in [6.45, 7) is 1.64. The van der Waals surface area contributed by atoms with E-state index >= 15 is 0 Å². The van der Waals surface area contributed by atoms with Crippen LogP contribution in [0.15, 0.2) is 58.5 Å². The van der Waals surface area contributed by atoms with Crippen molar-refractivity contribution >= 4 is 32.4 Å². The Labute approximate surface area is 196 Å². The van der Waals surface area contributed by atoms with Gasteiger partial charge in [-0.25, -0.2) is 23.5 Å². The van der Waals surface area contributed by atoms with E-state index in [1.54, 1.807) is 63.5 Å². The average Bonchev–Trinajstić information content (AvgIpc) is 2.80. The number of sulfonamides is 1. The lowest BCUT2D eigenvalue weighted by molar-refractivity contribution is 0.355. The van der Waals surface area contributed by atoms with Gasteiger partial charge in [-0.2, -0.15) is 0 Å². The lowest BCUT2D eigenvalue weighted by Crippen LogP contribution is -2.19. The molecule has 10 nitrogen and oxygen atoms in total. The Morgan fingerprint density at radius 2 is 1.79 bits per heavy atom. The number of hydrogen-bond acceptors (Lipinski definition) is 8. The van der Waals surface area contributed by atoms with Crippen molar-refractivity contribution in [2.75, 3.05) is 19.5 Å². The number of methoxy groups -OCH3 is 2. The maximum absolute atomic E-state index is 13.0. The third-order valence-electron chi connectivity index (χ3n) is 5.33. The Kier molecular flexibility index (Phi) is 5.98. The zero-order chi connectivity index (χ0) is 24.6. The molecule has 0 aliphatic heterocycles. The van der Waals surface area contributed by atoms with Crippen LogP contribution in [0, 0.1) is 6.92 Å². The minimum absolute atomic E-state index is 0.0813. The highest BCUT2D eigenvalue weighted by molar-refractivity contribution is 7.89. The molecule has 0 amide bonds. The lowest BCUT2D eigenvalue weighted by Gasteiger charge is -2.15. The molecule has 11 heteroatoms. The molecule has 0 spiro atoms. The van der Waals surface area contributed by atoms with Gasteiger partial charge in [0.2, 0.25) is 10.0 Å². The number of ether oxygens (including phenoxy) is 2. The molecule has 34 heavy (non-hydrogen) atoms. The summed E-state index contributed by atoms with van der Waals surface area (Å²) >= 11 is 0. The van der Waals surface area contributed by atoms with Crippen LogP contribution in [0.1, 0.15) is 5.56 Å². The Bertz CT molecular complexity index is 1580. The van der Waals surface area contributed by atoms with Crippen LogP contribution in [-0.4, -0.2) is 37.2 Å². The molecule has 176 valence electrons. The van der Waals surface area contributed by atoms with Gasteiger partial charge >= 0.3 is 0 Å². The van der Waals surface area contributed by atoms with Crippen molar-refractivity contribution < 1.29 is 17.9 Å².